The van der Waals surface area contributed by atoms with Gasteiger partial charge in [-0.15, -0.1) is 0 Å². The smallest absolute Gasteiger partial charge is 0.126 e. The Hall–Kier alpha value is -1.18. The molecule has 0 aliphatic heterocycles. The van der Waals surface area contributed by atoms with Gasteiger partial charge >= 0.3 is 0 Å². The summed E-state index contributed by atoms with van der Waals surface area (Å²) in [5.41, 5.74) is 2.12. The number of hydrogen-bond donors (Lipinski definition) is 0. The van der Waals surface area contributed by atoms with E-state index in [4.69, 9.17) is 0 Å². The first-order valence-corrected chi connectivity index (χ1v) is 6.34. The monoisotopic (exact) mass is 238 g/mol. The molecule has 0 saturated carbocycles. The molecule has 0 aromatic rings. The first kappa shape index (κ1) is 18.2. The summed E-state index contributed by atoms with van der Waals surface area (Å²) in [6, 6.07) is 0. The van der Waals surface area contributed by atoms with Crippen LogP contribution >= 0.6 is 0 Å². The first-order chi connectivity index (χ1) is 8.06. The van der Waals surface area contributed by atoms with Gasteiger partial charge in [-0.05, 0) is 13.3 Å². The van der Waals surface area contributed by atoms with E-state index in [0.29, 0.717) is 0 Å². The van der Waals surface area contributed by atoms with Gasteiger partial charge in [0.25, 0.3) is 0 Å². The van der Waals surface area contributed by atoms with E-state index in [9.17, 15) is 9.59 Å². The summed E-state index contributed by atoms with van der Waals surface area (Å²) in [7, 11) is 0. The normalized spacial score (nSPS) is 15.4. The van der Waals surface area contributed by atoms with Gasteiger partial charge in [-0.25, -0.2) is 0 Å². The molecule has 2 unspecified atom stereocenters. The van der Waals surface area contributed by atoms with Gasteiger partial charge in [0.15, 0.2) is 0 Å². The number of allylic oxidation sites excluding steroid dienone is 4. The Balaban J connectivity index is 0. The van der Waals surface area contributed by atoms with Crippen LogP contribution in [0, 0.1) is 11.8 Å². The fourth-order valence-corrected chi connectivity index (χ4v) is 1.18. The Bertz CT molecular complexity index is 275. The number of carbonyl (C=O) groups excluding carboxylic acids is 2. The largest absolute Gasteiger partial charge is 0.303 e. The SMILES string of the molecule is CC.CC/C(=C\C=C(/C)C(C)C=O)C(C)C=O. The van der Waals surface area contributed by atoms with Crippen molar-refractivity contribution < 1.29 is 9.59 Å². The predicted octanol–water partition coefficient (Wildman–Crippen LogP) is 3.97. The minimum atomic E-state index is -0.0501. The van der Waals surface area contributed by atoms with Gasteiger partial charge in [0, 0.05) is 11.8 Å². The maximum Gasteiger partial charge on any atom is 0.126 e. The molecule has 0 rings (SSSR count). The zero-order valence-corrected chi connectivity index (χ0v) is 12.0. The highest BCUT2D eigenvalue weighted by atomic mass is 16.1. The minimum Gasteiger partial charge on any atom is -0.303 e. The molecule has 2 nitrogen and oxygen atoms in total. The topological polar surface area (TPSA) is 34.1 Å². The maximum absolute atomic E-state index is 10.6. The lowest BCUT2D eigenvalue weighted by Gasteiger charge is -2.07. The molecule has 0 bridgehead atoms. The van der Waals surface area contributed by atoms with Crippen LogP contribution in [0.25, 0.3) is 0 Å². The van der Waals surface area contributed by atoms with E-state index >= 15 is 0 Å². The van der Waals surface area contributed by atoms with E-state index < -0.39 is 0 Å². The lowest BCUT2D eigenvalue weighted by molar-refractivity contribution is -0.110. The van der Waals surface area contributed by atoms with Crippen LogP contribution in [0.4, 0.5) is 0 Å². The maximum atomic E-state index is 10.6. The van der Waals surface area contributed by atoms with Crippen molar-refractivity contribution in [1.29, 1.82) is 0 Å². The van der Waals surface area contributed by atoms with Crippen molar-refractivity contribution in [3.8, 4) is 0 Å². The third kappa shape index (κ3) is 7.67. The summed E-state index contributed by atoms with van der Waals surface area (Å²) >= 11 is 0. The number of aldehydes is 2. The van der Waals surface area contributed by atoms with Crippen LogP contribution in [0.15, 0.2) is 23.3 Å². The molecule has 0 aromatic heterocycles. The van der Waals surface area contributed by atoms with Crippen molar-refractivity contribution in [1.82, 2.24) is 0 Å². The Morgan fingerprint density at radius 3 is 1.82 bits per heavy atom. The number of carbonyl (C=O) groups is 2. The molecule has 0 aliphatic carbocycles. The first-order valence-electron chi connectivity index (χ1n) is 6.34. The third-order valence-corrected chi connectivity index (χ3v) is 2.68. The van der Waals surface area contributed by atoms with Gasteiger partial charge in [0.2, 0.25) is 0 Å². The fraction of sp³-hybridized carbons (Fsp3) is 0.600. The Morgan fingerprint density at radius 1 is 1.00 bits per heavy atom. The van der Waals surface area contributed by atoms with Crippen LogP contribution in [-0.4, -0.2) is 12.6 Å². The van der Waals surface area contributed by atoms with E-state index in [0.717, 1.165) is 30.1 Å². The van der Waals surface area contributed by atoms with Crippen molar-refractivity contribution >= 4 is 12.6 Å². The third-order valence-electron chi connectivity index (χ3n) is 2.68. The Labute approximate surface area is 106 Å². The second-order valence-corrected chi connectivity index (χ2v) is 3.86. The molecule has 0 spiro atoms. The van der Waals surface area contributed by atoms with Crippen molar-refractivity contribution in [2.75, 3.05) is 0 Å². The van der Waals surface area contributed by atoms with Crippen molar-refractivity contribution in [2.45, 2.75) is 48.0 Å². The molecule has 0 aliphatic rings. The Morgan fingerprint density at radius 2 is 1.47 bits per heavy atom. The molecule has 0 N–H and O–H groups in total. The summed E-state index contributed by atoms with van der Waals surface area (Å²) in [6.07, 6.45) is 6.61. The molecule has 98 valence electrons. The molecule has 0 aromatic carbocycles. The highest BCUT2D eigenvalue weighted by Crippen LogP contribution is 2.14. The average Bonchev–Trinajstić information content (AvgIpc) is 2.39. The van der Waals surface area contributed by atoms with Crippen LogP contribution in [0.2, 0.25) is 0 Å². The summed E-state index contributed by atoms with van der Waals surface area (Å²) in [5.74, 6) is -0.0866. The van der Waals surface area contributed by atoms with Gasteiger partial charge in [-0.2, -0.15) is 0 Å². The van der Waals surface area contributed by atoms with Crippen LogP contribution in [0.5, 0.6) is 0 Å². The molecule has 0 amide bonds. The predicted molar refractivity (Wildman–Crippen MR) is 73.9 cm³/mol. The van der Waals surface area contributed by atoms with Crippen LogP contribution in [0.3, 0.4) is 0 Å². The van der Waals surface area contributed by atoms with Crippen LogP contribution < -0.4 is 0 Å². The molecule has 0 saturated heterocycles. The zero-order valence-electron chi connectivity index (χ0n) is 12.0. The summed E-state index contributed by atoms with van der Waals surface area (Å²) in [4.78, 5) is 21.2. The van der Waals surface area contributed by atoms with E-state index in [1.54, 1.807) is 0 Å². The molecule has 0 heterocycles. The summed E-state index contributed by atoms with van der Waals surface area (Å²) in [6.45, 7) is 11.7. The highest BCUT2D eigenvalue weighted by molar-refractivity contribution is 5.59. The van der Waals surface area contributed by atoms with E-state index in [-0.39, 0.29) is 11.8 Å². The van der Waals surface area contributed by atoms with Gasteiger partial charge in [-0.1, -0.05) is 57.9 Å². The number of rotatable bonds is 6. The quantitative estimate of drug-likeness (QED) is 0.518. The van der Waals surface area contributed by atoms with Crippen LogP contribution in [-0.2, 0) is 9.59 Å². The van der Waals surface area contributed by atoms with Crippen LogP contribution in [0.1, 0.15) is 48.0 Å². The van der Waals surface area contributed by atoms with Crippen molar-refractivity contribution in [3.63, 3.8) is 0 Å². The molecule has 0 radical (unpaired) electrons. The van der Waals surface area contributed by atoms with Gasteiger partial charge in [0.05, 0.1) is 0 Å². The van der Waals surface area contributed by atoms with Crippen molar-refractivity contribution in [3.05, 3.63) is 23.3 Å². The molecule has 2 atom stereocenters. The fourth-order valence-electron chi connectivity index (χ4n) is 1.18. The lowest BCUT2D eigenvalue weighted by atomic mass is 9.98. The molecule has 0 fully saturated rings. The zero-order chi connectivity index (χ0) is 13.8. The van der Waals surface area contributed by atoms with Gasteiger partial charge < -0.3 is 9.59 Å². The average molecular weight is 238 g/mol. The van der Waals surface area contributed by atoms with E-state index in [1.165, 1.54) is 0 Å². The van der Waals surface area contributed by atoms with Crippen molar-refractivity contribution in [2.24, 2.45) is 11.8 Å². The lowest BCUT2D eigenvalue weighted by Crippen LogP contribution is -2.00. The van der Waals surface area contributed by atoms with E-state index in [1.807, 2.05) is 53.7 Å². The molecule has 17 heavy (non-hydrogen) atoms. The highest BCUT2D eigenvalue weighted by Gasteiger charge is 2.04. The number of hydrogen-bond acceptors (Lipinski definition) is 2. The standard InChI is InChI=1S/C13H20O2.C2H6/c1-5-13(12(4)9-15)7-6-10(2)11(3)8-14;1-2/h6-9,11-12H,5H2,1-4H3;1-2H3/b10-6+,13-7+;. The second kappa shape index (κ2) is 11.3. The Kier molecular flexibility index (Phi) is 12.1. The summed E-state index contributed by atoms with van der Waals surface area (Å²) < 4.78 is 0. The molecular formula is C15H26O2. The molecular weight excluding hydrogens is 212 g/mol. The summed E-state index contributed by atoms with van der Waals surface area (Å²) in [5, 5.41) is 0. The van der Waals surface area contributed by atoms with Gasteiger partial charge in [0.1, 0.15) is 12.6 Å². The second-order valence-electron chi connectivity index (χ2n) is 3.86. The van der Waals surface area contributed by atoms with Gasteiger partial charge in [-0.3, -0.25) is 0 Å². The molecule has 2 heteroatoms. The minimum absolute atomic E-state index is 0.0365. The van der Waals surface area contributed by atoms with E-state index in [2.05, 4.69) is 0 Å².